The van der Waals surface area contributed by atoms with Crippen molar-refractivity contribution < 1.29 is 9.84 Å². The van der Waals surface area contributed by atoms with E-state index >= 15 is 0 Å². The Kier molecular flexibility index (Phi) is 8.91. The summed E-state index contributed by atoms with van der Waals surface area (Å²) in [7, 11) is 1.68. The van der Waals surface area contributed by atoms with E-state index in [2.05, 4.69) is 34.9 Å². The number of rotatable bonds is 8. The molecule has 1 N–H and O–H groups in total. The van der Waals surface area contributed by atoms with Crippen molar-refractivity contribution in [1.82, 2.24) is 4.90 Å². The van der Waals surface area contributed by atoms with Crippen molar-refractivity contribution in [2.45, 2.75) is 19.4 Å². The largest absolute Gasteiger partial charge is 0.395 e. The molecule has 0 atom stereocenters. The first-order valence-electron chi connectivity index (χ1n) is 7.07. The zero-order chi connectivity index (χ0) is 15.3. The first-order valence-corrected chi connectivity index (χ1v) is 7.07. The number of aliphatic hydroxyl groups is 1. The number of methoxy groups -OCH3 is 1. The van der Waals surface area contributed by atoms with Gasteiger partial charge in [0.05, 0.1) is 19.3 Å². The Labute approximate surface area is 127 Å². The monoisotopic (exact) mass is 286 g/mol. The van der Waals surface area contributed by atoms with Crippen molar-refractivity contribution in [3.05, 3.63) is 35.4 Å². The molecule has 4 heteroatoms. The molecule has 0 aliphatic rings. The second-order valence-corrected chi connectivity index (χ2v) is 4.65. The van der Waals surface area contributed by atoms with Crippen LogP contribution in [0.1, 0.15) is 24.0 Å². The molecule has 0 saturated carbocycles. The van der Waals surface area contributed by atoms with Crippen molar-refractivity contribution >= 4 is 0 Å². The predicted molar refractivity (Wildman–Crippen MR) is 82.4 cm³/mol. The quantitative estimate of drug-likeness (QED) is 0.740. The number of ether oxygens (including phenoxy) is 1. The molecule has 21 heavy (non-hydrogen) atoms. The van der Waals surface area contributed by atoms with E-state index in [0.717, 1.165) is 25.2 Å². The molecule has 1 rings (SSSR count). The topological polar surface area (TPSA) is 56.5 Å². The van der Waals surface area contributed by atoms with Gasteiger partial charge < -0.3 is 9.84 Å². The second-order valence-electron chi connectivity index (χ2n) is 4.65. The maximum atomic E-state index is 8.74. The molecule has 0 unspecified atom stereocenters. The first kappa shape index (κ1) is 17.2. The van der Waals surface area contributed by atoms with Crippen LogP contribution in [0.5, 0.6) is 0 Å². The molecule has 0 bridgehead atoms. The zero-order valence-electron chi connectivity index (χ0n) is 12.5. The lowest BCUT2D eigenvalue weighted by Gasteiger charge is -2.20. The summed E-state index contributed by atoms with van der Waals surface area (Å²) >= 11 is 0. The molecule has 112 valence electrons. The van der Waals surface area contributed by atoms with Gasteiger partial charge in [0.15, 0.2) is 0 Å². The summed E-state index contributed by atoms with van der Waals surface area (Å²) in [6.45, 7) is 3.06. The summed E-state index contributed by atoms with van der Waals surface area (Å²) < 4.78 is 5.11. The molecule has 0 radical (unpaired) electrons. The summed E-state index contributed by atoms with van der Waals surface area (Å²) in [6.07, 6.45) is 1.01. The van der Waals surface area contributed by atoms with E-state index in [-0.39, 0.29) is 6.61 Å². The standard InChI is InChI=1S/C17H22N2O2/c1-21-13-11-19(10-5-9-18)15-17-8-4-7-16(14-17)6-2-3-12-20/h4,7-8,14,20H,3,5,10-13,15H2,1H3. The summed E-state index contributed by atoms with van der Waals surface area (Å²) in [5.74, 6) is 5.96. The summed E-state index contributed by atoms with van der Waals surface area (Å²) in [4.78, 5) is 2.20. The zero-order valence-corrected chi connectivity index (χ0v) is 12.5. The average molecular weight is 286 g/mol. The van der Waals surface area contributed by atoms with Gasteiger partial charge in [-0.2, -0.15) is 5.26 Å². The smallest absolute Gasteiger partial charge is 0.0635 e. The van der Waals surface area contributed by atoms with Crippen LogP contribution in [0.25, 0.3) is 0 Å². The van der Waals surface area contributed by atoms with Gasteiger partial charge in [0.1, 0.15) is 0 Å². The summed E-state index contributed by atoms with van der Waals surface area (Å²) in [5.41, 5.74) is 2.12. The van der Waals surface area contributed by atoms with Crippen LogP contribution in [0, 0.1) is 23.2 Å². The molecule has 1 aromatic rings. The second kappa shape index (κ2) is 10.9. The van der Waals surface area contributed by atoms with E-state index in [0.29, 0.717) is 19.4 Å². The third-order valence-electron chi connectivity index (χ3n) is 2.95. The highest BCUT2D eigenvalue weighted by atomic mass is 16.5. The Morgan fingerprint density at radius 3 is 2.86 bits per heavy atom. The fraction of sp³-hybridized carbons (Fsp3) is 0.471. The number of hydrogen-bond acceptors (Lipinski definition) is 4. The van der Waals surface area contributed by atoms with E-state index in [1.54, 1.807) is 7.11 Å². The minimum absolute atomic E-state index is 0.0889. The summed E-state index contributed by atoms with van der Waals surface area (Å²) in [6, 6.07) is 10.2. The van der Waals surface area contributed by atoms with E-state index in [1.807, 2.05) is 12.1 Å². The molecule has 0 amide bonds. The van der Waals surface area contributed by atoms with Crippen molar-refractivity contribution in [2.75, 3.05) is 33.4 Å². The Morgan fingerprint density at radius 2 is 2.14 bits per heavy atom. The first-order chi connectivity index (χ1) is 10.3. The van der Waals surface area contributed by atoms with Crippen molar-refractivity contribution in [1.29, 1.82) is 5.26 Å². The number of nitriles is 1. The van der Waals surface area contributed by atoms with Gasteiger partial charge in [0, 0.05) is 45.1 Å². The van der Waals surface area contributed by atoms with Crippen LogP contribution in [0.15, 0.2) is 24.3 Å². The number of hydrogen-bond donors (Lipinski definition) is 1. The Balaban J connectivity index is 2.67. The lowest BCUT2D eigenvalue weighted by atomic mass is 10.1. The molecule has 0 aliphatic carbocycles. The van der Waals surface area contributed by atoms with Gasteiger partial charge in [-0.15, -0.1) is 0 Å². The molecule has 0 heterocycles. The van der Waals surface area contributed by atoms with Crippen LogP contribution in [-0.4, -0.2) is 43.4 Å². The highest BCUT2D eigenvalue weighted by Crippen LogP contribution is 2.08. The van der Waals surface area contributed by atoms with Crippen molar-refractivity contribution in [3.63, 3.8) is 0 Å². The van der Waals surface area contributed by atoms with Crippen LogP contribution in [0.4, 0.5) is 0 Å². The molecule has 1 aromatic carbocycles. The molecule has 0 saturated heterocycles. The average Bonchev–Trinajstić information content (AvgIpc) is 2.50. The van der Waals surface area contributed by atoms with Gasteiger partial charge in [-0.25, -0.2) is 0 Å². The van der Waals surface area contributed by atoms with Crippen LogP contribution >= 0.6 is 0 Å². The third-order valence-corrected chi connectivity index (χ3v) is 2.95. The molecular weight excluding hydrogens is 264 g/mol. The predicted octanol–water partition coefficient (Wildman–Crippen LogP) is 1.78. The fourth-order valence-electron chi connectivity index (χ4n) is 1.92. The van der Waals surface area contributed by atoms with Gasteiger partial charge in [0.2, 0.25) is 0 Å². The van der Waals surface area contributed by atoms with Crippen molar-refractivity contribution in [2.24, 2.45) is 0 Å². The maximum Gasteiger partial charge on any atom is 0.0635 e. The third kappa shape index (κ3) is 7.48. The normalized spacial score (nSPS) is 10.0. The lowest BCUT2D eigenvalue weighted by molar-refractivity contribution is 0.145. The highest BCUT2D eigenvalue weighted by Gasteiger charge is 2.06. The highest BCUT2D eigenvalue weighted by molar-refractivity contribution is 5.37. The molecule has 0 fully saturated rings. The molecule has 0 aromatic heterocycles. The minimum atomic E-state index is 0.0889. The fourth-order valence-corrected chi connectivity index (χ4v) is 1.92. The Morgan fingerprint density at radius 1 is 1.29 bits per heavy atom. The Bertz CT molecular complexity index is 512. The van der Waals surface area contributed by atoms with Crippen LogP contribution in [0.2, 0.25) is 0 Å². The van der Waals surface area contributed by atoms with E-state index in [9.17, 15) is 0 Å². The molecule has 0 aliphatic heterocycles. The van der Waals surface area contributed by atoms with Crippen LogP contribution < -0.4 is 0 Å². The number of benzene rings is 1. The van der Waals surface area contributed by atoms with Crippen LogP contribution in [0.3, 0.4) is 0 Å². The van der Waals surface area contributed by atoms with Crippen LogP contribution in [-0.2, 0) is 11.3 Å². The molecule has 0 spiro atoms. The molecule has 4 nitrogen and oxygen atoms in total. The lowest BCUT2D eigenvalue weighted by Crippen LogP contribution is -2.28. The Hall–Kier alpha value is -1.85. The number of nitrogens with zero attached hydrogens (tertiary/aromatic N) is 2. The SMILES string of the molecule is COCCN(CCC#N)Cc1cccc(C#CCCO)c1. The number of aliphatic hydroxyl groups excluding tert-OH is 1. The van der Waals surface area contributed by atoms with E-state index in [4.69, 9.17) is 15.1 Å². The van der Waals surface area contributed by atoms with Gasteiger partial charge in [-0.1, -0.05) is 24.0 Å². The van der Waals surface area contributed by atoms with E-state index in [1.165, 1.54) is 5.56 Å². The minimum Gasteiger partial charge on any atom is -0.395 e. The van der Waals surface area contributed by atoms with Gasteiger partial charge in [-0.3, -0.25) is 4.90 Å². The maximum absolute atomic E-state index is 8.74. The van der Waals surface area contributed by atoms with Crippen molar-refractivity contribution in [3.8, 4) is 17.9 Å². The van der Waals surface area contributed by atoms with E-state index < -0.39 is 0 Å². The van der Waals surface area contributed by atoms with Gasteiger partial charge >= 0.3 is 0 Å². The van der Waals surface area contributed by atoms with Gasteiger partial charge in [-0.05, 0) is 17.7 Å². The summed E-state index contributed by atoms with van der Waals surface area (Å²) in [5, 5.41) is 17.5. The molecular formula is C17H22N2O2. The van der Waals surface area contributed by atoms with Gasteiger partial charge in [0.25, 0.3) is 0 Å².